The van der Waals surface area contributed by atoms with Gasteiger partial charge in [0.05, 0.1) is 10.6 Å². The third kappa shape index (κ3) is 4.24. The average Bonchev–Trinajstić information content (AvgIpc) is 2.48. The summed E-state index contributed by atoms with van der Waals surface area (Å²) in [7, 11) is 0. The monoisotopic (exact) mass is 327 g/mol. The Hall–Kier alpha value is -1.52. The summed E-state index contributed by atoms with van der Waals surface area (Å²) in [6.45, 7) is 3.03. The maximum absolute atomic E-state index is 12.8. The third-order valence-electron chi connectivity index (χ3n) is 3.52. The predicted octanol–water partition coefficient (Wildman–Crippen LogP) is 5.25. The molecule has 1 nitrogen and oxygen atoms in total. The first-order chi connectivity index (χ1) is 10.4. The Morgan fingerprint density at radius 3 is 2.36 bits per heavy atom. The Kier molecular flexibility index (Phi) is 5.48. The second-order valence-corrected chi connectivity index (χ2v) is 5.60. The number of halogens is 4. The van der Waals surface area contributed by atoms with Gasteiger partial charge in [0, 0.05) is 13.1 Å². The minimum Gasteiger partial charge on any atom is -0.312 e. The van der Waals surface area contributed by atoms with Crippen LogP contribution in [0.4, 0.5) is 13.2 Å². The summed E-state index contributed by atoms with van der Waals surface area (Å²) in [4.78, 5) is 0. The molecule has 0 aromatic heterocycles. The van der Waals surface area contributed by atoms with E-state index in [4.69, 9.17) is 11.6 Å². The quantitative estimate of drug-likeness (QED) is 0.790. The standard InChI is InChI=1S/C17H17ClF3N/c1-12(13-6-3-2-4-7-13)10-22-11-14-8-5-9-15(16(14)18)17(19,20)21/h2-9,12,22H,10-11H2,1H3. The Bertz CT molecular complexity index is 611. The summed E-state index contributed by atoms with van der Waals surface area (Å²) in [6, 6.07) is 13.9. The molecule has 2 rings (SSSR count). The van der Waals surface area contributed by atoms with Crippen LogP contribution in [0.2, 0.25) is 5.02 Å². The van der Waals surface area contributed by atoms with Crippen LogP contribution in [0.3, 0.4) is 0 Å². The molecule has 0 spiro atoms. The van der Waals surface area contributed by atoms with Gasteiger partial charge in [0.1, 0.15) is 0 Å². The smallest absolute Gasteiger partial charge is 0.312 e. The normalized spacial score (nSPS) is 13.1. The molecule has 0 heterocycles. The Labute approximate surface area is 133 Å². The zero-order valence-corrected chi connectivity index (χ0v) is 12.9. The lowest BCUT2D eigenvalue weighted by molar-refractivity contribution is -0.137. The van der Waals surface area contributed by atoms with Crippen molar-refractivity contribution in [1.29, 1.82) is 0 Å². The maximum Gasteiger partial charge on any atom is 0.417 e. The Morgan fingerprint density at radius 2 is 1.73 bits per heavy atom. The van der Waals surface area contributed by atoms with Crippen LogP contribution in [-0.2, 0) is 12.7 Å². The van der Waals surface area contributed by atoms with E-state index in [1.807, 2.05) is 30.3 Å². The molecule has 0 fully saturated rings. The minimum atomic E-state index is -4.43. The van der Waals surface area contributed by atoms with E-state index < -0.39 is 11.7 Å². The molecule has 22 heavy (non-hydrogen) atoms. The van der Waals surface area contributed by atoms with Gasteiger partial charge in [0.25, 0.3) is 0 Å². The van der Waals surface area contributed by atoms with Crippen LogP contribution in [-0.4, -0.2) is 6.54 Å². The van der Waals surface area contributed by atoms with Crippen LogP contribution in [0.25, 0.3) is 0 Å². The number of hydrogen-bond acceptors (Lipinski definition) is 1. The summed E-state index contributed by atoms with van der Waals surface area (Å²) in [6.07, 6.45) is -4.43. The van der Waals surface area contributed by atoms with Crippen molar-refractivity contribution in [2.24, 2.45) is 0 Å². The van der Waals surface area contributed by atoms with Gasteiger partial charge in [0.15, 0.2) is 0 Å². The van der Waals surface area contributed by atoms with Crippen LogP contribution in [0.1, 0.15) is 29.5 Å². The molecule has 0 saturated heterocycles. The zero-order valence-electron chi connectivity index (χ0n) is 12.1. The molecule has 1 unspecified atom stereocenters. The molecular formula is C17H17ClF3N. The van der Waals surface area contributed by atoms with Gasteiger partial charge in [-0.15, -0.1) is 0 Å². The summed E-state index contributed by atoms with van der Waals surface area (Å²) in [5, 5.41) is 2.94. The van der Waals surface area contributed by atoms with E-state index in [1.165, 1.54) is 11.6 Å². The van der Waals surface area contributed by atoms with Gasteiger partial charge in [0.2, 0.25) is 0 Å². The molecule has 0 aliphatic rings. The number of nitrogens with one attached hydrogen (secondary N) is 1. The number of hydrogen-bond donors (Lipinski definition) is 1. The van der Waals surface area contributed by atoms with Crippen molar-refractivity contribution in [1.82, 2.24) is 5.32 Å². The Morgan fingerprint density at radius 1 is 1.05 bits per heavy atom. The lowest BCUT2D eigenvalue weighted by Crippen LogP contribution is -2.20. The van der Waals surface area contributed by atoms with E-state index in [0.717, 1.165) is 6.07 Å². The first kappa shape index (κ1) is 16.8. The number of benzene rings is 2. The van der Waals surface area contributed by atoms with Crippen LogP contribution < -0.4 is 5.32 Å². The molecule has 0 amide bonds. The van der Waals surface area contributed by atoms with Gasteiger partial charge < -0.3 is 5.32 Å². The van der Waals surface area contributed by atoms with Crippen molar-refractivity contribution >= 4 is 11.6 Å². The highest BCUT2D eigenvalue weighted by atomic mass is 35.5. The van der Waals surface area contributed by atoms with Crippen molar-refractivity contribution in [2.75, 3.05) is 6.54 Å². The summed E-state index contributed by atoms with van der Waals surface area (Å²) in [5.74, 6) is 0.269. The first-order valence-corrected chi connectivity index (χ1v) is 7.37. The van der Waals surface area contributed by atoms with Crippen LogP contribution in [0.15, 0.2) is 48.5 Å². The van der Waals surface area contributed by atoms with Crippen LogP contribution in [0.5, 0.6) is 0 Å². The molecule has 1 atom stereocenters. The molecule has 0 bridgehead atoms. The van der Waals surface area contributed by atoms with Crippen molar-refractivity contribution in [3.05, 3.63) is 70.2 Å². The lowest BCUT2D eigenvalue weighted by atomic mass is 10.0. The topological polar surface area (TPSA) is 12.0 Å². The number of rotatable bonds is 5. The summed E-state index contributed by atoms with van der Waals surface area (Å²) in [5.41, 5.74) is 0.853. The van der Waals surface area contributed by atoms with Gasteiger partial charge >= 0.3 is 6.18 Å². The predicted molar refractivity (Wildman–Crippen MR) is 83.0 cm³/mol. The highest BCUT2D eigenvalue weighted by Gasteiger charge is 2.33. The fourth-order valence-electron chi connectivity index (χ4n) is 2.26. The second-order valence-electron chi connectivity index (χ2n) is 5.22. The maximum atomic E-state index is 12.8. The van der Waals surface area contributed by atoms with E-state index in [-0.39, 0.29) is 10.9 Å². The van der Waals surface area contributed by atoms with Crippen LogP contribution >= 0.6 is 11.6 Å². The van der Waals surface area contributed by atoms with Crippen molar-refractivity contribution in [3.8, 4) is 0 Å². The highest BCUT2D eigenvalue weighted by molar-refractivity contribution is 6.32. The van der Waals surface area contributed by atoms with Gasteiger partial charge in [-0.3, -0.25) is 0 Å². The fourth-order valence-corrected chi connectivity index (χ4v) is 2.56. The van der Waals surface area contributed by atoms with Gasteiger partial charge in [-0.1, -0.05) is 61.0 Å². The van der Waals surface area contributed by atoms with Crippen molar-refractivity contribution < 1.29 is 13.2 Å². The SMILES string of the molecule is CC(CNCc1cccc(C(F)(F)F)c1Cl)c1ccccc1. The van der Waals surface area contributed by atoms with Crippen molar-refractivity contribution in [3.63, 3.8) is 0 Å². The number of alkyl halides is 3. The Balaban J connectivity index is 1.98. The van der Waals surface area contributed by atoms with E-state index in [2.05, 4.69) is 12.2 Å². The molecule has 0 saturated carbocycles. The lowest BCUT2D eigenvalue weighted by Gasteiger charge is -2.15. The molecule has 0 aliphatic heterocycles. The van der Waals surface area contributed by atoms with E-state index in [9.17, 15) is 13.2 Å². The molecule has 0 radical (unpaired) electrons. The zero-order chi connectivity index (χ0) is 16.2. The fraction of sp³-hybridized carbons (Fsp3) is 0.294. The summed E-state index contributed by atoms with van der Waals surface area (Å²) < 4.78 is 38.4. The van der Waals surface area contributed by atoms with Crippen LogP contribution in [0, 0.1) is 0 Å². The molecular weight excluding hydrogens is 311 g/mol. The van der Waals surface area contributed by atoms with E-state index in [0.29, 0.717) is 18.7 Å². The molecule has 0 aliphatic carbocycles. The second kappa shape index (κ2) is 7.16. The molecule has 1 N–H and O–H groups in total. The molecule has 2 aromatic rings. The highest BCUT2D eigenvalue weighted by Crippen LogP contribution is 2.36. The average molecular weight is 328 g/mol. The van der Waals surface area contributed by atoms with Gasteiger partial charge in [-0.2, -0.15) is 13.2 Å². The van der Waals surface area contributed by atoms with E-state index >= 15 is 0 Å². The minimum absolute atomic E-state index is 0.227. The first-order valence-electron chi connectivity index (χ1n) is 7.00. The van der Waals surface area contributed by atoms with E-state index in [1.54, 1.807) is 6.07 Å². The third-order valence-corrected chi connectivity index (χ3v) is 3.97. The molecule has 5 heteroatoms. The molecule has 2 aromatic carbocycles. The van der Waals surface area contributed by atoms with Crippen molar-refractivity contribution in [2.45, 2.75) is 25.6 Å². The largest absolute Gasteiger partial charge is 0.417 e. The summed E-state index contributed by atoms with van der Waals surface area (Å²) >= 11 is 5.87. The molecule has 118 valence electrons. The van der Waals surface area contributed by atoms with Gasteiger partial charge in [-0.25, -0.2) is 0 Å². The van der Waals surface area contributed by atoms with Gasteiger partial charge in [-0.05, 0) is 23.1 Å².